The number of esters is 1. The lowest BCUT2D eigenvalue weighted by Gasteiger charge is -2.24. The molecule has 1 aromatic carbocycles. The van der Waals surface area contributed by atoms with Gasteiger partial charge in [0.2, 0.25) is 0 Å². The number of nitrogens with one attached hydrogen (secondary N) is 2. The van der Waals surface area contributed by atoms with Crippen LogP contribution in [0.2, 0.25) is 0 Å². The van der Waals surface area contributed by atoms with E-state index in [1.807, 2.05) is 13.8 Å². The van der Waals surface area contributed by atoms with Crippen molar-refractivity contribution in [3.05, 3.63) is 35.4 Å². The zero-order chi connectivity index (χ0) is 15.6. The highest BCUT2D eigenvalue weighted by Crippen LogP contribution is 2.27. The minimum atomic E-state index is -0.424. The predicted molar refractivity (Wildman–Crippen MR) is 78.3 cm³/mol. The number of hydrogen-bond acceptors (Lipinski definition) is 4. The predicted octanol–water partition coefficient (Wildman–Crippen LogP) is 2.17. The number of carbonyl (C=O) groups excluding carboxylic acids is 2. The summed E-state index contributed by atoms with van der Waals surface area (Å²) < 4.78 is 4.66. The van der Waals surface area contributed by atoms with Gasteiger partial charge in [0, 0.05) is 6.54 Å². The first-order valence-electron chi connectivity index (χ1n) is 6.78. The third kappa shape index (κ3) is 3.04. The van der Waals surface area contributed by atoms with Gasteiger partial charge in [-0.1, -0.05) is 26.0 Å². The molecule has 0 spiro atoms. The second-order valence-corrected chi connectivity index (χ2v) is 5.41. The molecule has 6 heteroatoms. The lowest BCUT2D eigenvalue weighted by Crippen LogP contribution is -2.33. The van der Waals surface area contributed by atoms with Crippen molar-refractivity contribution >= 4 is 17.8 Å². The summed E-state index contributed by atoms with van der Waals surface area (Å²) in [5.41, 5.74) is 1.24. The minimum Gasteiger partial charge on any atom is -0.465 e. The van der Waals surface area contributed by atoms with Gasteiger partial charge in [0.1, 0.15) is 11.9 Å². The van der Waals surface area contributed by atoms with Crippen molar-refractivity contribution in [2.45, 2.75) is 19.9 Å². The highest BCUT2D eigenvalue weighted by atomic mass is 16.5. The minimum absolute atomic E-state index is 0.159. The Morgan fingerprint density at radius 3 is 2.52 bits per heavy atom. The molecular formula is C15H19N3O3. The Labute approximate surface area is 123 Å². The average Bonchev–Trinajstić information content (AvgIpc) is 2.72. The summed E-state index contributed by atoms with van der Waals surface area (Å²) in [5.74, 6) is 0.0567. The SMILES string of the molecule is COC(=O)c1ccc(C2C(=N)NC(=O)N2CC(C)C)cc1. The summed E-state index contributed by atoms with van der Waals surface area (Å²) in [6.07, 6.45) is 0. The Bertz CT molecular complexity index is 566. The van der Waals surface area contributed by atoms with Crippen LogP contribution in [0.5, 0.6) is 0 Å². The lowest BCUT2D eigenvalue weighted by atomic mass is 10.0. The smallest absolute Gasteiger partial charge is 0.337 e. The van der Waals surface area contributed by atoms with Crippen molar-refractivity contribution in [3.8, 4) is 0 Å². The Morgan fingerprint density at radius 1 is 1.38 bits per heavy atom. The van der Waals surface area contributed by atoms with E-state index >= 15 is 0 Å². The van der Waals surface area contributed by atoms with Crippen molar-refractivity contribution in [1.82, 2.24) is 10.2 Å². The molecule has 1 heterocycles. The molecule has 2 N–H and O–H groups in total. The number of rotatable bonds is 4. The van der Waals surface area contributed by atoms with Crippen molar-refractivity contribution in [2.24, 2.45) is 5.92 Å². The molecule has 1 aliphatic heterocycles. The Hall–Kier alpha value is -2.37. The molecule has 21 heavy (non-hydrogen) atoms. The van der Waals surface area contributed by atoms with Crippen LogP contribution in [0.25, 0.3) is 0 Å². The van der Waals surface area contributed by atoms with Crippen LogP contribution in [-0.2, 0) is 4.74 Å². The molecule has 0 radical (unpaired) electrons. The lowest BCUT2D eigenvalue weighted by molar-refractivity contribution is 0.0600. The number of amides is 2. The normalized spacial score (nSPS) is 18.1. The number of urea groups is 1. The molecule has 2 amide bonds. The van der Waals surface area contributed by atoms with Crippen LogP contribution in [0.1, 0.15) is 35.8 Å². The van der Waals surface area contributed by atoms with E-state index in [-0.39, 0.29) is 11.9 Å². The maximum atomic E-state index is 11.9. The molecule has 2 rings (SSSR count). The van der Waals surface area contributed by atoms with Gasteiger partial charge in [0.25, 0.3) is 0 Å². The van der Waals surface area contributed by atoms with Gasteiger partial charge in [0.15, 0.2) is 0 Å². The Morgan fingerprint density at radius 2 is 2.00 bits per heavy atom. The van der Waals surface area contributed by atoms with Gasteiger partial charge in [-0.25, -0.2) is 9.59 Å². The second-order valence-electron chi connectivity index (χ2n) is 5.41. The number of amidine groups is 1. The van der Waals surface area contributed by atoms with Gasteiger partial charge >= 0.3 is 12.0 Å². The van der Waals surface area contributed by atoms with E-state index in [0.717, 1.165) is 5.56 Å². The molecule has 0 aromatic heterocycles. The van der Waals surface area contributed by atoms with E-state index < -0.39 is 12.0 Å². The Kier molecular flexibility index (Phi) is 4.26. The molecule has 112 valence electrons. The van der Waals surface area contributed by atoms with Crippen LogP contribution in [-0.4, -0.2) is 36.4 Å². The fraction of sp³-hybridized carbons (Fsp3) is 0.400. The fourth-order valence-corrected chi connectivity index (χ4v) is 2.38. The number of hydrogen-bond donors (Lipinski definition) is 2. The van der Waals surface area contributed by atoms with E-state index in [9.17, 15) is 9.59 Å². The molecular weight excluding hydrogens is 270 g/mol. The number of methoxy groups -OCH3 is 1. The van der Waals surface area contributed by atoms with E-state index in [1.165, 1.54) is 7.11 Å². The standard InChI is InChI=1S/C15H19N3O3/c1-9(2)8-18-12(13(16)17-15(18)20)10-4-6-11(7-5-10)14(19)21-3/h4-7,9,12H,8H2,1-3H3,(H2,16,17,20). The zero-order valence-corrected chi connectivity index (χ0v) is 12.3. The summed E-state index contributed by atoms with van der Waals surface area (Å²) in [6.45, 7) is 4.61. The van der Waals surface area contributed by atoms with Crippen LogP contribution < -0.4 is 5.32 Å². The third-order valence-corrected chi connectivity index (χ3v) is 3.30. The molecule has 6 nitrogen and oxygen atoms in total. The molecule has 1 unspecified atom stereocenters. The molecule has 0 aliphatic carbocycles. The van der Waals surface area contributed by atoms with Gasteiger partial charge in [-0.15, -0.1) is 0 Å². The molecule has 0 saturated carbocycles. The van der Waals surface area contributed by atoms with Crippen molar-refractivity contribution in [3.63, 3.8) is 0 Å². The summed E-state index contributed by atoms with van der Waals surface area (Å²) in [6, 6.07) is 6.11. The monoisotopic (exact) mass is 289 g/mol. The quantitative estimate of drug-likeness (QED) is 0.833. The number of ether oxygens (including phenoxy) is 1. The van der Waals surface area contributed by atoms with Gasteiger partial charge in [-0.2, -0.15) is 0 Å². The van der Waals surface area contributed by atoms with E-state index in [2.05, 4.69) is 10.1 Å². The first-order chi connectivity index (χ1) is 9.93. The highest BCUT2D eigenvalue weighted by Gasteiger charge is 2.36. The number of carbonyl (C=O) groups is 2. The van der Waals surface area contributed by atoms with Gasteiger partial charge in [-0.05, 0) is 23.6 Å². The van der Waals surface area contributed by atoms with Crippen LogP contribution in [0, 0.1) is 11.3 Å². The maximum absolute atomic E-state index is 11.9. The molecule has 1 atom stereocenters. The van der Waals surface area contributed by atoms with Crippen molar-refractivity contribution in [1.29, 1.82) is 5.41 Å². The first-order valence-corrected chi connectivity index (χ1v) is 6.78. The zero-order valence-electron chi connectivity index (χ0n) is 12.3. The van der Waals surface area contributed by atoms with E-state index in [1.54, 1.807) is 29.2 Å². The second kappa shape index (κ2) is 5.95. The van der Waals surface area contributed by atoms with Gasteiger partial charge in [-0.3, -0.25) is 10.7 Å². The van der Waals surface area contributed by atoms with Crippen LogP contribution in [0.15, 0.2) is 24.3 Å². The fourth-order valence-electron chi connectivity index (χ4n) is 2.38. The topological polar surface area (TPSA) is 82.5 Å². The molecule has 1 aliphatic rings. The maximum Gasteiger partial charge on any atom is 0.337 e. The molecule has 1 saturated heterocycles. The number of benzene rings is 1. The molecule has 1 aromatic rings. The van der Waals surface area contributed by atoms with E-state index in [4.69, 9.17) is 5.41 Å². The van der Waals surface area contributed by atoms with Crippen LogP contribution in [0.4, 0.5) is 4.79 Å². The Balaban J connectivity index is 2.27. The largest absolute Gasteiger partial charge is 0.465 e. The van der Waals surface area contributed by atoms with Crippen LogP contribution in [0.3, 0.4) is 0 Å². The number of nitrogens with zero attached hydrogens (tertiary/aromatic N) is 1. The average molecular weight is 289 g/mol. The summed E-state index contributed by atoms with van der Waals surface area (Å²) in [4.78, 5) is 25.0. The molecule has 1 fully saturated rings. The summed E-state index contributed by atoms with van der Waals surface area (Å²) in [7, 11) is 1.33. The third-order valence-electron chi connectivity index (χ3n) is 3.30. The first kappa shape index (κ1) is 15.0. The highest BCUT2D eigenvalue weighted by molar-refractivity contribution is 6.06. The van der Waals surface area contributed by atoms with Gasteiger partial charge < -0.3 is 9.64 Å². The van der Waals surface area contributed by atoms with Crippen molar-refractivity contribution < 1.29 is 14.3 Å². The van der Waals surface area contributed by atoms with E-state index in [0.29, 0.717) is 18.0 Å². The van der Waals surface area contributed by atoms with Gasteiger partial charge in [0.05, 0.1) is 12.7 Å². The van der Waals surface area contributed by atoms with Crippen LogP contribution >= 0.6 is 0 Å². The summed E-state index contributed by atoms with van der Waals surface area (Å²) in [5, 5.41) is 10.5. The van der Waals surface area contributed by atoms with Crippen molar-refractivity contribution in [2.75, 3.05) is 13.7 Å². The molecule has 0 bridgehead atoms. The summed E-state index contributed by atoms with van der Waals surface area (Å²) >= 11 is 0.